The Morgan fingerprint density at radius 3 is 2.93 bits per heavy atom. The predicted octanol–water partition coefficient (Wildman–Crippen LogP) is 3.38. The number of urea groups is 1. The number of amides is 2. The molecule has 2 aromatic rings. The smallest absolute Gasteiger partial charge is 0.317 e. The molecule has 1 atom stereocenters. The highest BCUT2D eigenvalue weighted by molar-refractivity contribution is 5.74. The number of likely N-dealkylation sites (tertiary alicyclic amines) is 1. The largest absolute Gasteiger partial charge is 0.493 e. The molecule has 0 saturated carbocycles. The molecule has 1 N–H and O–H groups in total. The SMILES string of the molecule is CC(C)CNC(=O)N1CCCC(c2nc(CCOc3ccc(F)cc3)no2)C1. The summed E-state index contributed by atoms with van der Waals surface area (Å²) in [5, 5.41) is 6.98. The Balaban J connectivity index is 1.48. The van der Waals surface area contributed by atoms with E-state index in [2.05, 4.69) is 29.3 Å². The average Bonchev–Trinajstić information content (AvgIpc) is 3.17. The van der Waals surface area contributed by atoms with Gasteiger partial charge in [0.1, 0.15) is 11.6 Å². The van der Waals surface area contributed by atoms with Crippen LogP contribution < -0.4 is 10.1 Å². The Morgan fingerprint density at radius 2 is 2.18 bits per heavy atom. The van der Waals surface area contributed by atoms with Gasteiger partial charge in [-0.25, -0.2) is 9.18 Å². The molecule has 1 fully saturated rings. The molecule has 1 aromatic heterocycles. The second-order valence-corrected chi connectivity index (χ2v) is 7.47. The summed E-state index contributed by atoms with van der Waals surface area (Å²) in [5.41, 5.74) is 0. The number of aromatic nitrogens is 2. The lowest BCUT2D eigenvalue weighted by Crippen LogP contribution is -2.45. The number of carbonyl (C=O) groups excluding carboxylic acids is 1. The molecule has 0 radical (unpaired) electrons. The third-order valence-corrected chi connectivity index (χ3v) is 4.61. The van der Waals surface area contributed by atoms with Crippen LogP contribution in [0.3, 0.4) is 0 Å². The van der Waals surface area contributed by atoms with Crippen molar-refractivity contribution in [2.75, 3.05) is 26.2 Å². The van der Waals surface area contributed by atoms with Crippen molar-refractivity contribution in [3.63, 3.8) is 0 Å². The fourth-order valence-corrected chi connectivity index (χ4v) is 3.09. The first kappa shape index (κ1) is 20.1. The van der Waals surface area contributed by atoms with Crippen LogP contribution in [-0.2, 0) is 6.42 Å². The number of hydrogen-bond donors (Lipinski definition) is 1. The zero-order valence-corrected chi connectivity index (χ0v) is 16.4. The van der Waals surface area contributed by atoms with Crippen molar-refractivity contribution in [3.05, 3.63) is 41.8 Å². The van der Waals surface area contributed by atoms with E-state index in [1.165, 1.54) is 12.1 Å². The highest BCUT2D eigenvalue weighted by atomic mass is 19.1. The van der Waals surface area contributed by atoms with Gasteiger partial charge in [-0.05, 0) is 43.0 Å². The molecule has 0 aliphatic carbocycles. The van der Waals surface area contributed by atoms with Crippen LogP contribution in [0.25, 0.3) is 0 Å². The molecule has 1 unspecified atom stereocenters. The summed E-state index contributed by atoms with van der Waals surface area (Å²) in [4.78, 5) is 18.6. The van der Waals surface area contributed by atoms with Gasteiger partial charge in [-0.15, -0.1) is 0 Å². The summed E-state index contributed by atoms with van der Waals surface area (Å²) in [6.07, 6.45) is 2.32. The maximum Gasteiger partial charge on any atom is 0.317 e. The van der Waals surface area contributed by atoms with Crippen LogP contribution >= 0.6 is 0 Å². The van der Waals surface area contributed by atoms with Crippen molar-refractivity contribution < 1.29 is 18.4 Å². The van der Waals surface area contributed by atoms with E-state index in [1.807, 2.05) is 4.90 Å². The highest BCUT2D eigenvalue weighted by Crippen LogP contribution is 2.25. The van der Waals surface area contributed by atoms with Crippen molar-refractivity contribution in [1.29, 1.82) is 0 Å². The highest BCUT2D eigenvalue weighted by Gasteiger charge is 2.28. The molecule has 1 saturated heterocycles. The van der Waals surface area contributed by atoms with Crippen molar-refractivity contribution in [3.8, 4) is 5.75 Å². The van der Waals surface area contributed by atoms with Gasteiger partial charge < -0.3 is 19.5 Å². The number of nitrogens with zero attached hydrogens (tertiary/aromatic N) is 3. The molecule has 0 spiro atoms. The molecule has 152 valence electrons. The topological polar surface area (TPSA) is 80.5 Å². The van der Waals surface area contributed by atoms with E-state index in [-0.39, 0.29) is 17.8 Å². The Hall–Kier alpha value is -2.64. The van der Waals surface area contributed by atoms with Gasteiger partial charge in [0.25, 0.3) is 0 Å². The number of hydrogen-bond acceptors (Lipinski definition) is 5. The van der Waals surface area contributed by atoms with Crippen LogP contribution in [0, 0.1) is 11.7 Å². The number of rotatable bonds is 7. The van der Waals surface area contributed by atoms with Crippen molar-refractivity contribution in [1.82, 2.24) is 20.4 Å². The van der Waals surface area contributed by atoms with Gasteiger partial charge in [-0.3, -0.25) is 0 Å². The second kappa shape index (κ2) is 9.52. The second-order valence-electron chi connectivity index (χ2n) is 7.47. The fraction of sp³-hybridized carbons (Fsp3) is 0.550. The van der Waals surface area contributed by atoms with Crippen LogP contribution in [0.4, 0.5) is 9.18 Å². The van der Waals surface area contributed by atoms with Crippen molar-refractivity contribution in [2.24, 2.45) is 5.92 Å². The first-order chi connectivity index (χ1) is 13.5. The molecule has 2 amide bonds. The van der Waals surface area contributed by atoms with Crippen LogP contribution in [0.15, 0.2) is 28.8 Å². The standard InChI is InChI=1S/C20H27FN4O3/c1-14(2)12-22-20(26)25-10-3-4-15(13-25)19-23-18(24-28-19)9-11-27-17-7-5-16(21)6-8-17/h5-8,14-15H,3-4,9-13H2,1-2H3,(H,22,26). The normalized spacial score (nSPS) is 17.0. The first-order valence-electron chi connectivity index (χ1n) is 9.75. The molecule has 28 heavy (non-hydrogen) atoms. The van der Waals surface area contributed by atoms with Crippen LogP contribution in [0.2, 0.25) is 0 Å². The Morgan fingerprint density at radius 1 is 1.39 bits per heavy atom. The van der Waals surface area contributed by atoms with Gasteiger partial charge in [-0.1, -0.05) is 19.0 Å². The summed E-state index contributed by atoms with van der Waals surface area (Å²) < 4.78 is 23.9. The van der Waals surface area contributed by atoms with Gasteiger partial charge in [-0.2, -0.15) is 4.98 Å². The molecular weight excluding hydrogens is 363 g/mol. The fourth-order valence-electron chi connectivity index (χ4n) is 3.09. The monoisotopic (exact) mass is 390 g/mol. The van der Waals surface area contributed by atoms with E-state index in [9.17, 15) is 9.18 Å². The summed E-state index contributed by atoms with van der Waals surface area (Å²) in [6, 6.07) is 5.84. The molecule has 2 heterocycles. The number of ether oxygens (including phenoxy) is 1. The van der Waals surface area contributed by atoms with Crippen LogP contribution in [0.1, 0.15) is 44.3 Å². The van der Waals surface area contributed by atoms with E-state index in [0.29, 0.717) is 49.5 Å². The quantitative estimate of drug-likeness (QED) is 0.784. The Bertz CT molecular complexity index is 763. The van der Waals surface area contributed by atoms with E-state index in [1.54, 1.807) is 12.1 Å². The molecule has 1 aliphatic heterocycles. The predicted molar refractivity (Wildman–Crippen MR) is 102 cm³/mol. The maximum absolute atomic E-state index is 12.9. The number of halogens is 1. The zero-order chi connectivity index (χ0) is 19.9. The zero-order valence-electron chi connectivity index (χ0n) is 16.4. The third kappa shape index (κ3) is 5.68. The lowest BCUT2D eigenvalue weighted by atomic mass is 9.98. The molecular formula is C20H27FN4O3. The first-order valence-corrected chi connectivity index (χ1v) is 9.75. The number of carbonyl (C=O) groups is 1. The van der Waals surface area contributed by atoms with E-state index < -0.39 is 0 Å². The van der Waals surface area contributed by atoms with E-state index in [4.69, 9.17) is 9.26 Å². The number of benzene rings is 1. The number of nitrogens with one attached hydrogen (secondary N) is 1. The van der Waals surface area contributed by atoms with Crippen molar-refractivity contribution >= 4 is 6.03 Å². The molecule has 7 nitrogen and oxygen atoms in total. The van der Waals surface area contributed by atoms with Crippen LogP contribution in [-0.4, -0.2) is 47.3 Å². The van der Waals surface area contributed by atoms with Gasteiger partial charge in [0.15, 0.2) is 5.82 Å². The molecule has 1 aliphatic rings. The van der Waals surface area contributed by atoms with Gasteiger partial charge >= 0.3 is 6.03 Å². The van der Waals surface area contributed by atoms with Gasteiger partial charge in [0, 0.05) is 26.1 Å². The van der Waals surface area contributed by atoms with Crippen molar-refractivity contribution in [2.45, 2.75) is 39.0 Å². The maximum atomic E-state index is 12.9. The van der Waals surface area contributed by atoms with E-state index >= 15 is 0 Å². The minimum Gasteiger partial charge on any atom is -0.493 e. The van der Waals surface area contributed by atoms with Gasteiger partial charge in [0.2, 0.25) is 5.89 Å². The third-order valence-electron chi connectivity index (χ3n) is 4.61. The summed E-state index contributed by atoms with van der Waals surface area (Å²) in [5.74, 6) is 1.91. The number of piperidine rings is 1. The molecule has 1 aromatic carbocycles. The molecule has 0 bridgehead atoms. The summed E-state index contributed by atoms with van der Waals surface area (Å²) >= 11 is 0. The van der Waals surface area contributed by atoms with E-state index in [0.717, 1.165) is 19.4 Å². The Labute approximate surface area is 164 Å². The summed E-state index contributed by atoms with van der Waals surface area (Å²) in [6.45, 7) is 6.50. The molecule has 8 heteroatoms. The van der Waals surface area contributed by atoms with Gasteiger partial charge in [0.05, 0.1) is 12.5 Å². The van der Waals surface area contributed by atoms with Crippen LogP contribution in [0.5, 0.6) is 5.75 Å². The summed E-state index contributed by atoms with van der Waals surface area (Å²) in [7, 11) is 0. The minimum absolute atomic E-state index is 0.0363. The Kier molecular flexibility index (Phi) is 6.84. The lowest BCUT2D eigenvalue weighted by molar-refractivity contribution is 0.171. The lowest BCUT2D eigenvalue weighted by Gasteiger charge is -2.31. The average molecular weight is 390 g/mol. The molecule has 3 rings (SSSR count). The minimum atomic E-state index is -0.297.